The first-order valence-electron chi connectivity index (χ1n) is 8.18. The Labute approximate surface area is 154 Å². The molecule has 0 unspecified atom stereocenters. The summed E-state index contributed by atoms with van der Waals surface area (Å²) in [4.78, 5) is 14.1. The van der Waals surface area contributed by atoms with Crippen molar-refractivity contribution in [3.05, 3.63) is 66.2 Å². The van der Waals surface area contributed by atoms with Gasteiger partial charge >= 0.3 is 0 Å². The molecule has 0 radical (unpaired) electrons. The molecule has 0 aromatic heterocycles. The van der Waals surface area contributed by atoms with Crippen molar-refractivity contribution in [2.45, 2.75) is 4.90 Å². The van der Waals surface area contributed by atoms with Gasteiger partial charge in [-0.25, -0.2) is 13.1 Å². The molecule has 2 aromatic carbocycles. The SMILES string of the molecule is CNS(=O)(=O)c1ccc(/C=C/C(=O)NCCN(C)c2ccccc2)cc1. The van der Waals surface area contributed by atoms with Crippen LogP contribution < -0.4 is 14.9 Å². The van der Waals surface area contributed by atoms with Crippen LogP contribution in [-0.4, -0.2) is 41.5 Å². The van der Waals surface area contributed by atoms with Crippen LogP contribution in [0.15, 0.2) is 65.6 Å². The van der Waals surface area contributed by atoms with Gasteiger partial charge in [-0.05, 0) is 43.0 Å². The van der Waals surface area contributed by atoms with E-state index in [0.717, 1.165) is 11.3 Å². The molecular formula is C19H23N3O3S. The van der Waals surface area contributed by atoms with Gasteiger partial charge in [0.2, 0.25) is 15.9 Å². The third-order valence-corrected chi connectivity index (χ3v) is 5.26. The monoisotopic (exact) mass is 373 g/mol. The molecule has 2 N–H and O–H groups in total. The normalized spacial score (nSPS) is 11.5. The van der Waals surface area contributed by atoms with E-state index in [2.05, 4.69) is 14.9 Å². The highest BCUT2D eigenvalue weighted by Gasteiger charge is 2.09. The van der Waals surface area contributed by atoms with E-state index in [1.807, 2.05) is 37.4 Å². The number of hydrogen-bond acceptors (Lipinski definition) is 4. The molecule has 0 saturated heterocycles. The van der Waals surface area contributed by atoms with Gasteiger partial charge in [-0.1, -0.05) is 30.3 Å². The number of rotatable bonds is 8. The van der Waals surface area contributed by atoms with Gasteiger partial charge in [0, 0.05) is 31.9 Å². The van der Waals surface area contributed by atoms with Crippen molar-refractivity contribution >= 4 is 27.7 Å². The summed E-state index contributed by atoms with van der Waals surface area (Å²) < 4.78 is 25.6. The average Bonchev–Trinajstić information content (AvgIpc) is 2.67. The summed E-state index contributed by atoms with van der Waals surface area (Å²) in [6.07, 6.45) is 3.08. The van der Waals surface area contributed by atoms with Crippen molar-refractivity contribution in [1.82, 2.24) is 10.0 Å². The number of nitrogens with one attached hydrogen (secondary N) is 2. The zero-order valence-corrected chi connectivity index (χ0v) is 15.7. The summed E-state index contributed by atoms with van der Waals surface area (Å²) in [5, 5.41) is 2.83. The zero-order valence-electron chi connectivity index (χ0n) is 14.8. The Kier molecular flexibility index (Phi) is 6.94. The number of para-hydroxylation sites is 1. The van der Waals surface area contributed by atoms with Crippen molar-refractivity contribution in [3.63, 3.8) is 0 Å². The van der Waals surface area contributed by atoms with Gasteiger partial charge in [0.15, 0.2) is 0 Å². The van der Waals surface area contributed by atoms with Crippen molar-refractivity contribution in [1.29, 1.82) is 0 Å². The van der Waals surface area contributed by atoms with E-state index < -0.39 is 10.0 Å². The molecule has 0 spiro atoms. The number of anilines is 1. The highest BCUT2D eigenvalue weighted by Crippen LogP contribution is 2.11. The number of likely N-dealkylation sites (N-methyl/N-ethyl adjacent to an activating group) is 1. The number of sulfonamides is 1. The van der Waals surface area contributed by atoms with Gasteiger partial charge < -0.3 is 10.2 Å². The van der Waals surface area contributed by atoms with Crippen LogP contribution in [0.1, 0.15) is 5.56 Å². The Morgan fingerprint density at radius 1 is 1.08 bits per heavy atom. The Morgan fingerprint density at radius 2 is 1.73 bits per heavy atom. The van der Waals surface area contributed by atoms with Crippen LogP contribution in [-0.2, 0) is 14.8 Å². The molecule has 2 rings (SSSR count). The largest absolute Gasteiger partial charge is 0.373 e. The third kappa shape index (κ3) is 5.72. The predicted octanol–water partition coefficient (Wildman–Crippen LogP) is 1.86. The molecule has 0 aliphatic rings. The third-order valence-electron chi connectivity index (χ3n) is 3.83. The summed E-state index contributed by atoms with van der Waals surface area (Å²) in [5.41, 5.74) is 1.84. The number of carbonyl (C=O) groups is 1. The van der Waals surface area contributed by atoms with Gasteiger partial charge in [-0.2, -0.15) is 0 Å². The molecule has 0 heterocycles. The lowest BCUT2D eigenvalue weighted by Gasteiger charge is -2.19. The smallest absolute Gasteiger partial charge is 0.244 e. The van der Waals surface area contributed by atoms with Gasteiger partial charge in [0.05, 0.1) is 4.90 Å². The van der Waals surface area contributed by atoms with Crippen LogP contribution in [0.4, 0.5) is 5.69 Å². The molecule has 0 bridgehead atoms. The molecule has 0 atom stereocenters. The quantitative estimate of drug-likeness (QED) is 0.693. The maximum absolute atomic E-state index is 11.9. The second kappa shape index (κ2) is 9.17. The fourth-order valence-corrected chi connectivity index (χ4v) is 3.00. The molecule has 7 heteroatoms. The maximum Gasteiger partial charge on any atom is 0.244 e. The lowest BCUT2D eigenvalue weighted by atomic mass is 10.2. The first-order chi connectivity index (χ1) is 12.4. The molecule has 138 valence electrons. The number of benzene rings is 2. The van der Waals surface area contributed by atoms with Crippen LogP contribution in [0, 0.1) is 0 Å². The lowest BCUT2D eigenvalue weighted by molar-refractivity contribution is -0.116. The molecule has 26 heavy (non-hydrogen) atoms. The van der Waals surface area contributed by atoms with E-state index in [4.69, 9.17) is 0 Å². The average molecular weight is 373 g/mol. The fourth-order valence-electron chi connectivity index (χ4n) is 2.27. The van der Waals surface area contributed by atoms with E-state index in [9.17, 15) is 13.2 Å². The highest BCUT2D eigenvalue weighted by atomic mass is 32.2. The standard InChI is InChI=1S/C19H23N3O3S/c1-20-26(24,25)18-11-8-16(9-12-18)10-13-19(23)21-14-15-22(2)17-6-4-3-5-7-17/h3-13,20H,14-15H2,1-2H3,(H,21,23)/b13-10+. The summed E-state index contributed by atoms with van der Waals surface area (Å²) in [6.45, 7) is 1.22. The fraction of sp³-hybridized carbons (Fsp3) is 0.211. The molecule has 0 aliphatic heterocycles. The van der Waals surface area contributed by atoms with Crippen molar-refractivity contribution < 1.29 is 13.2 Å². The first-order valence-corrected chi connectivity index (χ1v) is 9.66. The van der Waals surface area contributed by atoms with Gasteiger partial charge in [-0.3, -0.25) is 4.79 Å². The number of nitrogens with zero attached hydrogens (tertiary/aromatic N) is 1. The molecule has 0 saturated carbocycles. The minimum atomic E-state index is -3.45. The molecule has 0 aliphatic carbocycles. The van der Waals surface area contributed by atoms with Crippen LogP contribution in [0.5, 0.6) is 0 Å². The Morgan fingerprint density at radius 3 is 2.35 bits per heavy atom. The van der Waals surface area contributed by atoms with Gasteiger partial charge in [-0.15, -0.1) is 0 Å². The molecule has 1 amide bonds. The lowest BCUT2D eigenvalue weighted by Crippen LogP contribution is -2.31. The second-order valence-electron chi connectivity index (χ2n) is 5.66. The molecule has 2 aromatic rings. The van der Waals surface area contributed by atoms with E-state index in [0.29, 0.717) is 13.1 Å². The number of amides is 1. The number of hydrogen-bond donors (Lipinski definition) is 2. The van der Waals surface area contributed by atoms with Crippen LogP contribution in [0.2, 0.25) is 0 Å². The van der Waals surface area contributed by atoms with E-state index in [-0.39, 0.29) is 10.8 Å². The number of carbonyl (C=O) groups excluding carboxylic acids is 1. The van der Waals surface area contributed by atoms with Crippen molar-refractivity contribution in [2.24, 2.45) is 0 Å². The van der Waals surface area contributed by atoms with Crippen LogP contribution >= 0.6 is 0 Å². The van der Waals surface area contributed by atoms with Crippen molar-refractivity contribution in [2.75, 3.05) is 32.1 Å². The predicted molar refractivity (Wildman–Crippen MR) is 104 cm³/mol. The van der Waals surface area contributed by atoms with E-state index in [1.165, 1.54) is 25.3 Å². The van der Waals surface area contributed by atoms with E-state index >= 15 is 0 Å². The highest BCUT2D eigenvalue weighted by molar-refractivity contribution is 7.89. The summed E-state index contributed by atoms with van der Waals surface area (Å²) in [6, 6.07) is 16.2. The Bertz CT molecular complexity index is 847. The topological polar surface area (TPSA) is 78.5 Å². The Hall–Kier alpha value is -2.64. The second-order valence-corrected chi connectivity index (χ2v) is 7.54. The zero-order chi connectivity index (χ0) is 19.0. The van der Waals surface area contributed by atoms with E-state index in [1.54, 1.807) is 18.2 Å². The Balaban J connectivity index is 1.82. The maximum atomic E-state index is 11.9. The van der Waals surface area contributed by atoms with Gasteiger partial charge in [0.1, 0.15) is 0 Å². The molecule has 6 nitrogen and oxygen atoms in total. The minimum Gasteiger partial charge on any atom is -0.373 e. The molecule has 0 fully saturated rings. The first kappa shape index (κ1) is 19.7. The minimum absolute atomic E-state index is 0.186. The van der Waals surface area contributed by atoms with Crippen LogP contribution in [0.25, 0.3) is 6.08 Å². The summed E-state index contributed by atoms with van der Waals surface area (Å²) in [7, 11) is -0.113. The van der Waals surface area contributed by atoms with Gasteiger partial charge in [0.25, 0.3) is 0 Å². The summed E-state index contributed by atoms with van der Waals surface area (Å²) in [5.74, 6) is -0.196. The molecular weight excluding hydrogens is 350 g/mol. The van der Waals surface area contributed by atoms with Crippen LogP contribution in [0.3, 0.4) is 0 Å². The van der Waals surface area contributed by atoms with Crippen molar-refractivity contribution in [3.8, 4) is 0 Å². The summed E-state index contributed by atoms with van der Waals surface area (Å²) >= 11 is 0.